The molecular formula is C27H46N4O15S. The Kier molecular flexibility index (Phi) is 14.5. The maximum absolute atomic E-state index is 12.2. The third-order valence-electron chi connectivity index (χ3n) is 8.35. The molecule has 4 aliphatic rings. The first-order valence-corrected chi connectivity index (χ1v) is 16.6. The topological polar surface area (TPSA) is 290 Å². The van der Waals surface area contributed by atoms with Gasteiger partial charge in [-0.2, -0.15) is 11.8 Å². The molecule has 4 fully saturated rings. The van der Waals surface area contributed by atoms with Crippen molar-refractivity contribution in [3.63, 3.8) is 0 Å². The van der Waals surface area contributed by atoms with E-state index in [0.717, 1.165) is 25.0 Å². The Labute approximate surface area is 274 Å². The monoisotopic (exact) mass is 698 g/mol. The molecule has 0 unspecified atom stereocenters. The molecule has 4 rings (SSSR count). The largest absolute Gasteiger partial charge is 0.441 e. The van der Waals surface area contributed by atoms with E-state index in [1.165, 1.54) is 0 Å². The summed E-state index contributed by atoms with van der Waals surface area (Å²) in [5.74, 6) is 0.783. The number of urea groups is 1. The average molecular weight is 699 g/mol. The van der Waals surface area contributed by atoms with E-state index in [4.69, 9.17) is 34.2 Å². The molecule has 0 spiro atoms. The molecule has 0 radical (unpaired) electrons. The molecule has 11 N–H and O–H groups in total. The van der Waals surface area contributed by atoms with Crippen LogP contribution >= 0.6 is 11.8 Å². The van der Waals surface area contributed by atoms with Crippen molar-refractivity contribution >= 4 is 29.8 Å². The number of nitrogens with two attached hydrogens (primary N) is 1. The first-order valence-electron chi connectivity index (χ1n) is 15.5. The van der Waals surface area contributed by atoms with E-state index in [9.17, 15) is 45.0 Å². The van der Waals surface area contributed by atoms with Crippen molar-refractivity contribution in [1.29, 1.82) is 0 Å². The normalized spacial score (nSPS) is 38.3. The molecule has 13 atom stereocenters. The van der Waals surface area contributed by atoms with Gasteiger partial charge in [0.25, 0.3) is 0 Å². The van der Waals surface area contributed by atoms with Crippen LogP contribution in [0.5, 0.6) is 0 Å². The summed E-state index contributed by atoms with van der Waals surface area (Å²) in [7, 11) is 0. The summed E-state index contributed by atoms with van der Waals surface area (Å²) in [6.45, 7) is -1.10. The Morgan fingerprint density at radius 1 is 0.915 bits per heavy atom. The smallest absolute Gasteiger partial charge is 0.404 e. The Hall–Kier alpha value is -2.08. The maximum atomic E-state index is 12.2. The van der Waals surface area contributed by atoms with Crippen LogP contribution in [0, 0.1) is 0 Å². The van der Waals surface area contributed by atoms with Gasteiger partial charge in [0.1, 0.15) is 42.7 Å². The number of hydrogen-bond donors (Lipinski definition) is 10. The predicted octanol–water partition coefficient (Wildman–Crippen LogP) is -4.41. The van der Waals surface area contributed by atoms with Crippen molar-refractivity contribution in [2.45, 2.75) is 104 Å². The molecule has 0 saturated carbocycles. The second kappa shape index (κ2) is 18.1. The minimum absolute atomic E-state index is 0.0212. The van der Waals surface area contributed by atoms with Crippen LogP contribution in [0.2, 0.25) is 0 Å². The molecular weight excluding hydrogens is 652 g/mol. The van der Waals surface area contributed by atoms with Gasteiger partial charge in [0.15, 0.2) is 18.7 Å². The number of primary amides is 1. The minimum Gasteiger partial charge on any atom is -0.441 e. The fourth-order valence-electron chi connectivity index (χ4n) is 5.88. The molecule has 20 heteroatoms. The van der Waals surface area contributed by atoms with Gasteiger partial charge in [0.2, 0.25) is 5.91 Å². The van der Waals surface area contributed by atoms with Crippen LogP contribution in [0.25, 0.3) is 0 Å². The predicted molar refractivity (Wildman–Crippen MR) is 159 cm³/mol. The van der Waals surface area contributed by atoms with Gasteiger partial charge in [0, 0.05) is 24.0 Å². The lowest BCUT2D eigenvalue weighted by Gasteiger charge is -2.46. The van der Waals surface area contributed by atoms with Crippen LogP contribution in [0.4, 0.5) is 9.59 Å². The van der Waals surface area contributed by atoms with Crippen LogP contribution < -0.4 is 21.7 Å². The highest BCUT2D eigenvalue weighted by Crippen LogP contribution is 2.33. The molecule has 4 saturated heterocycles. The molecule has 0 aromatic rings. The Balaban J connectivity index is 1.16. The molecule has 0 bridgehead atoms. The lowest BCUT2D eigenvalue weighted by molar-refractivity contribution is -0.367. The first kappa shape index (κ1) is 37.7. The summed E-state index contributed by atoms with van der Waals surface area (Å²) in [4.78, 5) is 35.0. The molecule has 47 heavy (non-hydrogen) atoms. The Morgan fingerprint density at radius 2 is 1.64 bits per heavy atom. The van der Waals surface area contributed by atoms with E-state index in [2.05, 4.69) is 16.0 Å². The van der Waals surface area contributed by atoms with Gasteiger partial charge < -0.3 is 80.7 Å². The van der Waals surface area contributed by atoms with Gasteiger partial charge in [-0.1, -0.05) is 6.42 Å². The fourth-order valence-corrected chi connectivity index (χ4v) is 7.42. The van der Waals surface area contributed by atoms with Gasteiger partial charge in [-0.25, -0.2) is 9.59 Å². The van der Waals surface area contributed by atoms with Crippen LogP contribution in [0.3, 0.4) is 0 Å². The second-order valence-corrected chi connectivity index (χ2v) is 12.9. The van der Waals surface area contributed by atoms with Crippen LogP contribution in [-0.2, 0) is 33.2 Å². The van der Waals surface area contributed by atoms with Crippen LogP contribution in [0.15, 0.2) is 0 Å². The number of hydrogen-bond acceptors (Lipinski definition) is 16. The zero-order valence-corrected chi connectivity index (χ0v) is 26.4. The molecule has 0 aromatic heterocycles. The number of nitrogens with one attached hydrogen (secondary N) is 3. The van der Waals surface area contributed by atoms with E-state index >= 15 is 0 Å². The van der Waals surface area contributed by atoms with Crippen molar-refractivity contribution in [3.8, 4) is 0 Å². The number of amides is 4. The number of carbonyl (C=O) groups excluding carboxylic acids is 3. The number of aliphatic hydroxyl groups is 6. The summed E-state index contributed by atoms with van der Waals surface area (Å²) >= 11 is 1.83. The van der Waals surface area contributed by atoms with Crippen LogP contribution in [0.1, 0.15) is 25.7 Å². The summed E-state index contributed by atoms with van der Waals surface area (Å²) in [6.07, 6.45) is -14.3. The zero-order valence-electron chi connectivity index (χ0n) is 25.6. The summed E-state index contributed by atoms with van der Waals surface area (Å²) < 4.78 is 32.5. The summed E-state index contributed by atoms with van der Waals surface area (Å²) in [6, 6.07) is 0.199. The van der Waals surface area contributed by atoms with Crippen molar-refractivity contribution < 1.29 is 73.4 Å². The van der Waals surface area contributed by atoms with E-state index in [1.807, 2.05) is 11.8 Å². The lowest BCUT2D eigenvalue weighted by Crippen LogP contribution is -2.65. The molecule has 4 amide bonds. The Morgan fingerprint density at radius 3 is 2.36 bits per heavy atom. The standard InChI is InChI=1S/C27H46N4O15S/c28-26(39)46-22-19(36)14(10-33)43-24(21(22)38)45-23-20(37)18(35)13(9-32)44-25(23)42-8-7-41-6-5-29-16(34)4-2-1-3-15-17-12(11-47-15)30-27(40)31-17/h12-15,17-25,32-33,35-38H,1-11H2,(H2,28,39)(H,29,34)(H2,30,31,40)/t12-,13-,14+,15+,17-,18+,19-,20-,21-,22-,23-,24+,25+/m0/s1. The first-order chi connectivity index (χ1) is 22.5. The van der Waals surface area contributed by atoms with Crippen molar-refractivity contribution in [2.24, 2.45) is 5.73 Å². The number of aliphatic hydroxyl groups excluding tert-OH is 6. The molecule has 0 aromatic carbocycles. The molecule has 0 aliphatic carbocycles. The zero-order chi connectivity index (χ0) is 34.1. The van der Waals surface area contributed by atoms with Gasteiger partial charge in [0.05, 0.1) is 45.1 Å². The third-order valence-corrected chi connectivity index (χ3v) is 9.86. The van der Waals surface area contributed by atoms with Crippen LogP contribution in [-0.4, -0.2) is 173 Å². The fraction of sp³-hybridized carbons (Fsp3) is 0.889. The summed E-state index contributed by atoms with van der Waals surface area (Å²) in [5, 5.41) is 70.2. The highest BCUT2D eigenvalue weighted by Gasteiger charge is 2.52. The van der Waals surface area contributed by atoms with Crippen molar-refractivity contribution in [1.82, 2.24) is 16.0 Å². The van der Waals surface area contributed by atoms with E-state index in [1.54, 1.807) is 0 Å². The lowest BCUT2D eigenvalue weighted by atomic mass is 9.97. The third kappa shape index (κ3) is 9.98. The SMILES string of the molecule is NC(=O)O[C@@H]1[C@H](O)[C@@H](O[C@@H]2[C@H](OCCOCCNC(=O)CCCC[C@H]3SC[C@@H]4NC(=O)N[C@@H]43)O[C@@H](CO)[C@@H](O)[C@@H]2O)O[C@H](CO)[C@@H]1O. The second-order valence-electron chi connectivity index (χ2n) is 11.6. The van der Waals surface area contributed by atoms with Gasteiger partial charge in [-0.15, -0.1) is 0 Å². The highest BCUT2D eigenvalue weighted by atomic mass is 32.2. The maximum Gasteiger partial charge on any atom is 0.404 e. The van der Waals surface area contributed by atoms with Crippen molar-refractivity contribution in [3.05, 3.63) is 0 Å². The molecule has 4 aliphatic heterocycles. The number of carbonyl (C=O) groups is 3. The molecule has 19 nitrogen and oxygen atoms in total. The Bertz CT molecular complexity index is 1030. The van der Waals surface area contributed by atoms with E-state index < -0.39 is 80.7 Å². The van der Waals surface area contributed by atoms with Gasteiger partial charge >= 0.3 is 12.1 Å². The van der Waals surface area contributed by atoms with E-state index in [-0.39, 0.29) is 50.4 Å². The average Bonchev–Trinajstić information content (AvgIpc) is 3.60. The van der Waals surface area contributed by atoms with Gasteiger partial charge in [-0.05, 0) is 12.8 Å². The summed E-state index contributed by atoms with van der Waals surface area (Å²) in [5.41, 5.74) is 5.02. The number of unbranched alkanes of at least 4 members (excludes halogenated alkanes) is 1. The quantitative estimate of drug-likeness (QED) is 0.0507. The molecule has 270 valence electrons. The highest BCUT2D eigenvalue weighted by molar-refractivity contribution is 8.00. The number of ether oxygens (including phenoxy) is 6. The number of fused-ring (bicyclic) bond motifs is 1. The molecule has 4 heterocycles. The van der Waals surface area contributed by atoms with Gasteiger partial charge in [-0.3, -0.25) is 4.79 Å². The minimum atomic E-state index is -1.84. The number of rotatable bonds is 17. The van der Waals surface area contributed by atoms with E-state index in [0.29, 0.717) is 11.7 Å². The number of thioether (sulfide) groups is 1. The van der Waals surface area contributed by atoms with Crippen molar-refractivity contribution in [2.75, 3.05) is 45.3 Å².